The van der Waals surface area contributed by atoms with Crippen molar-refractivity contribution in [2.75, 3.05) is 6.61 Å². The third-order valence-corrected chi connectivity index (χ3v) is 3.77. The maximum absolute atomic E-state index is 11.9. The Hall–Kier alpha value is -1.46. The van der Waals surface area contributed by atoms with E-state index in [0.29, 0.717) is 15.8 Å². The maximum Gasteiger partial charge on any atom is 0.347 e. The third-order valence-electron chi connectivity index (χ3n) is 3.24. The Bertz CT molecular complexity index is 575. The van der Waals surface area contributed by atoms with Gasteiger partial charge in [0.05, 0.1) is 5.02 Å². The maximum atomic E-state index is 11.9. The minimum Gasteiger partial charge on any atom is -0.477 e. The molecule has 1 aromatic rings. The van der Waals surface area contributed by atoms with E-state index in [1.54, 1.807) is 12.1 Å². The van der Waals surface area contributed by atoms with Gasteiger partial charge in [0.1, 0.15) is 5.75 Å². The number of esters is 1. The first-order valence-electron chi connectivity index (χ1n) is 7.24. The first-order valence-corrected chi connectivity index (χ1v) is 7.99. The van der Waals surface area contributed by atoms with Gasteiger partial charge in [-0.05, 0) is 45.4 Å². The van der Waals surface area contributed by atoms with Gasteiger partial charge in [0.2, 0.25) is 0 Å². The lowest BCUT2D eigenvalue weighted by atomic mass is 10.0. The first-order chi connectivity index (χ1) is 10.6. The quantitative estimate of drug-likeness (QED) is 0.753. The zero-order valence-electron chi connectivity index (χ0n) is 13.6. The number of nitrogens with one attached hydrogen (secondary N) is 1. The van der Waals surface area contributed by atoms with E-state index in [1.165, 1.54) is 13.0 Å². The number of benzene rings is 1. The molecule has 0 spiro atoms. The summed E-state index contributed by atoms with van der Waals surface area (Å²) in [6, 6.07) is 4.67. The van der Waals surface area contributed by atoms with Crippen molar-refractivity contribution >= 4 is 35.1 Å². The summed E-state index contributed by atoms with van der Waals surface area (Å²) in [6.07, 6.45) is -0.137. The second-order valence-electron chi connectivity index (χ2n) is 5.73. The van der Waals surface area contributed by atoms with Crippen LogP contribution in [0.25, 0.3) is 0 Å². The highest BCUT2D eigenvalue weighted by molar-refractivity contribution is 6.35. The smallest absolute Gasteiger partial charge is 0.347 e. The molecule has 128 valence electrons. The van der Waals surface area contributed by atoms with Crippen LogP contribution in [0.15, 0.2) is 18.2 Å². The summed E-state index contributed by atoms with van der Waals surface area (Å²) < 4.78 is 10.4. The molecule has 1 aromatic carbocycles. The number of ether oxygens (including phenoxy) is 2. The summed E-state index contributed by atoms with van der Waals surface area (Å²) in [4.78, 5) is 23.6. The number of hydrogen-bond acceptors (Lipinski definition) is 4. The van der Waals surface area contributed by atoms with Gasteiger partial charge in [-0.2, -0.15) is 0 Å². The Morgan fingerprint density at radius 2 is 1.96 bits per heavy atom. The standard InChI is InChI=1S/C16H21Cl2NO4/c1-5-16(3,4)19-14(20)9-22-15(21)10(2)23-13-7-6-11(17)8-12(13)18/h6-8,10H,5,9H2,1-4H3,(H,19,20). The van der Waals surface area contributed by atoms with Crippen molar-refractivity contribution in [1.29, 1.82) is 0 Å². The molecule has 1 amide bonds. The van der Waals surface area contributed by atoms with Gasteiger partial charge >= 0.3 is 5.97 Å². The highest BCUT2D eigenvalue weighted by Crippen LogP contribution is 2.28. The van der Waals surface area contributed by atoms with E-state index in [1.807, 2.05) is 20.8 Å². The number of carbonyl (C=O) groups is 2. The molecule has 0 saturated heterocycles. The monoisotopic (exact) mass is 361 g/mol. The van der Waals surface area contributed by atoms with Crippen LogP contribution in [0.5, 0.6) is 5.75 Å². The van der Waals surface area contributed by atoms with Crippen molar-refractivity contribution in [3.63, 3.8) is 0 Å². The predicted molar refractivity (Wildman–Crippen MR) is 90.0 cm³/mol. The minimum absolute atomic E-state index is 0.291. The summed E-state index contributed by atoms with van der Waals surface area (Å²) in [5.41, 5.74) is -0.345. The van der Waals surface area contributed by atoms with E-state index in [0.717, 1.165) is 6.42 Å². The van der Waals surface area contributed by atoms with E-state index in [4.69, 9.17) is 32.7 Å². The van der Waals surface area contributed by atoms with E-state index in [2.05, 4.69) is 5.32 Å². The Kier molecular flexibility index (Phi) is 7.16. The lowest BCUT2D eigenvalue weighted by molar-refractivity contribution is -0.155. The van der Waals surface area contributed by atoms with Crippen LogP contribution in [0, 0.1) is 0 Å². The number of hydrogen-bond donors (Lipinski definition) is 1. The van der Waals surface area contributed by atoms with E-state index in [9.17, 15) is 9.59 Å². The fourth-order valence-electron chi connectivity index (χ4n) is 1.57. The van der Waals surface area contributed by atoms with Crippen molar-refractivity contribution in [1.82, 2.24) is 5.32 Å². The minimum atomic E-state index is -0.902. The molecule has 1 N–H and O–H groups in total. The van der Waals surface area contributed by atoms with E-state index in [-0.39, 0.29) is 18.1 Å². The molecular formula is C16H21Cl2NO4. The van der Waals surface area contributed by atoms with Crippen LogP contribution in [0.4, 0.5) is 0 Å². The zero-order chi connectivity index (χ0) is 17.6. The number of amides is 1. The second-order valence-corrected chi connectivity index (χ2v) is 6.57. The molecule has 1 atom stereocenters. The molecule has 0 aliphatic rings. The fraction of sp³-hybridized carbons (Fsp3) is 0.500. The van der Waals surface area contributed by atoms with Gasteiger partial charge in [-0.3, -0.25) is 4.79 Å². The highest BCUT2D eigenvalue weighted by atomic mass is 35.5. The zero-order valence-corrected chi connectivity index (χ0v) is 15.1. The molecule has 0 fully saturated rings. The summed E-state index contributed by atoms with van der Waals surface area (Å²) >= 11 is 11.8. The highest BCUT2D eigenvalue weighted by Gasteiger charge is 2.21. The lowest BCUT2D eigenvalue weighted by Crippen LogP contribution is -2.45. The average molecular weight is 362 g/mol. The normalized spacial score (nSPS) is 12.4. The molecule has 1 rings (SSSR count). The third kappa shape index (κ3) is 6.67. The van der Waals surface area contributed by atoms with Crippen LogP contribution in [-0.4, -0.2) is 30.1 Å². The molecule has 1 unspecified atom stereocenters. The molecule has 23 heavy (non-hydrogen) atoms. The SMILES string of the molecule is CCC(C)(C)NC(=O)COC(=O)C(C)Oc1ccc(Cl)cc1Cl. The number of carbonyl (C=O) groups excluding carboxylic acids is 2. The van der Waals surface area contributed by atoms with Gasteiger partial charge in [-0.15, -0.1) is 0 Å². The predicted octanol–water partition coefficient (Wildman–Crippen LogP) is 3.61. The summed E-state index contributed by atoms with van der Waals surface area (Å²) in [5.74, 6) is -0.695. The fourth-order valence-corrected chi connectivity index (χ4v) is 2.02. The van der Waals surface area contributed by atoms with Gasteiger partial charge < -0.3 is 14.8 Å². The van der Waals surface area contributed by atoms with Crippen LogP contribution < -0.4 is 10.1 Å². The van der Waals surface area contributed by atoms with E-state index >= 15 is 0 Å². The van der Waals surface area contributed by atoms with Crippen LogP contribution in [0.2, 0.25) is 10.0 Å². The first kappa shape index (κ1) is 19.6. The molecule has 0 aliphatic carbocycles. The van der Waals surface area contributed by atoms with Gasteiger partial charge in [0.25, 0.3) is 5.91 Å². The van der Waals surface area contributed by atoms with Gasteiger partial charge in [0, 0.05) is 10.6 Å². The van der Waals surface area contributed by atoms with Crippen molar-refractivity contribution in [2.45, 2.75) is 45.8 Å². The van der Waals surface area contributed by atoms with Gasteiger partial charge in [0.15, 0.2) is 12.7 Å². The Balaban J connectivity index is 2.50. The summed E-state index contributed by atoms with van der Waals surface area (Å²) in [7, 11) is 0. The number of rotatable bonds is 7. The molecular weight excluding hydrogens is 341 g/mol. The van der Waals surface area contributed by atoms with Gasteiger partial charge in [-0.25, -0.2) is 4.79 Å². The molecule has 0 aliphatic heterocycles. The van der Waals surface area contributed by atoms with Crippen LogP contribution in [-0.2, 0) is 14.3 Å². The number of halogens is 2. The molecule has 0 aromatic heterocycles. The largest absolute Gasteiger partial charge is 0.477 e. The molecule has 5 nitrogen and oxygen atoms in total. The van der Waals surface area contributed by atoms with Crippen LogP contribution in [0.1, 0.15) is 34.1 Å². The second kappa shape index (κ2) is 8.41. The Labute approximate surface area is 146 Å². The van der Waals surface area contributed by atoms with Crippen LogP contribution >= 0.6 is 23.2 Å². The Morgan fingerprint density at radius 1 is 1.30 bits per heavy atom. The van der Waals surface area contributed by atoms with Gasteiger partial charge in [-0.1, -0.05) is 30.1 Å². The topological polar surface area (TPSA) is 64.6 Å². The summed E-state index contributed by atoms with van der Waals surface area (Å²) in [5, 5.41) is 3.53. The molecule has 0 saturated carbocycles. The molecule has 7 heteroatoms. The molecule has 0 bridgehead atoms. The van der Waals surface area contributed by atoms with Crippen LogP contribution in [0.3, 0.4) is 0 Å². The lowest BCUT2D eigenvalue weighted by Gasteiger charge is -2.24. The van der Waals surface area contributed by atoms with Crippen molar-refractivity contribution in [3.8, 4) is 5.75 Å². The molecule has 0 radical (unpaired) electrons. The van der Waals surface area contributed by atoms with Crippen molar-refractivity contribution < 1.29 is 19.1 Å². The van der Waals surface area contributed by atoms with Crippen molar-refractivity contribution in [2.24, 2.45) is 0 Å². The Morgan fingerprint density at radius 3 is 2.52 bits per heavy atom. The van der Waals surface area contributed by atoms with Crippen molar-refractivity contribution in [3.05, 3.63) is 28.2 Å². The average Bonchev–Trinajstić information content (AvgIpc) is 2.47. The molecule has 0 heterocycles. The van der Waals surface area contributed by atoms with E-state index < -0.39 is 12.1 Å². The summed E-state index contributed by atoms with van der Waals surface area (Å²) in [6.45, 7) is 6.89.